The molecular formula is C29H30F4O2. The van der Waals surface area contributed by atoms with E-state index in [0.717, 1.165) is 0 Å². The highest BCUT2D eigenvalue weighted by Gasteiger charge is 2.09. The fraction of sp³-hybridized carbons (Fsp3) is 0.172. The van der Waals surface area contributed by atoms with Crippen molar-refractivity contribution in [2.24, 2.45) is 0 Å². The molecule has 4 aromatic rings. The van der Waals surface area contributed by atoms with Crippen molar-refractivity contribution in [2.45, 2.75) is 28.7 Å². The van der Waals surface area contributed by atoms with Gasteiger partial charge in [-0.05, 0) is 59.7 Å². The zero-order valence-electron chi connectivity index (χ0n) is 18.1. The molecule has 0 atom stereocenters. The molecule has 2 nitrogen and oxygen atoms in total. The summed E-state index contributed by atoms with van der Waals surface area (Å²) in [6.45, 7) is 3.74. The average Bonchev–Trinajstić information content (AvgIpc) is 2.82. The Kier molecular flexibility index (Phi) is 11.5. The topological polar surface area (TPSA) is 18.5 Å². The Hall–Kier alpha value is -3.80. The minimum absolute atomic E-state index is 0. The molecule has 4 aromatic carbocycles. The first-order valence-corrected chi connectivity index (χ1v) is 10.4. The van der Waals surface area contributed by atoms with Crippen LogP contribution >= 0.6 is 0 Å². The summed E-state index contributed by atoms with van der Waals surface area (Å²) in [6, 6.07) is 19.5. The third-order valence-electron chi connectivity index (χ3n) is 4.64. The van der Waals surface area contributed by atoms with Crippen molar-refractivity contribution < 1.29 is 27.0 Å². The fourth-order valence-electron chi connectivity index (χ4n) is 3.06. The van der Waals surface area contributed by atoms with Crippen LogP contribution in [0.1, 0.15) is 28.7 Å². The van der Waals surface area contributed by atoms with Crippen molar-refractivity contribution >= 4 is 0 Å². The number of hydrogen-bond donors (Lipinski definition) is 0. The molecule has 0 spiro atoms. The van der Waals surface area contributed by atoms with Gasteiger partial charge in [-0.15, -0.1) is 0 Å². The van der Waals surface area contributed by atoms with Gasteiger partial charge in [0.2, 0.25) is 6.79 Å². The Labute approximate surface area is 204 Å². The second kappa shape index (κ2) is 13.8. The van der Waals surface area contributed by atoms with Crippen LogP contribution in [-0.2, 0) is 0 Å². The molecule has 186 valence electrons. The van der Waals surface area contributed by atoms with Crippen LogP contribution in [0.5, 0.6) is 11.5 Å². The van der Waals surface area contributed by atoms with Gasteiger partial charge in [-0.1, -0.05) is 53.0 Å². The first kappa shape index (κ1) is 29.2. The summed E-state index contributed by atoms with van der Waals surface area (Å²) in [4.78, 5) is 0. The molecule has 0 saturated heterocycles. The van der Waals surface area contributed by atoms with Crippen LogP contribution < -0.4 is 9.47 Å². The fourth-order valence-corrected chi connectivity index (χ4v) is 3.06. The third-order valence-corrected chi connectivity index (χ3v) is 4.64. The monoisotopic (exact) mass is 486 g/mol. The van der Waals surface area contributed by atoms with Crippen molar-refractivity contribution in [1.29, 1.82) is 0 Å². The quantitative estimate of drug-likeness (QED) is 0.200. The lowest BCUT2D eigenvalue weighted by atomic mass is 10.1. The molecule has 0 aromatic heterocycles. The SMILES string of the molecule is C.C.CC.Fc1ccc(-c2ccc(OCOc3ccc(-c4ccc(F)cc4)c(F)c3)cc2F)cc1. The van der Waals surface area contributed by atoms with E-state index in [2.05, 4.69) is 0 Å². The lowest BCUT2D eigenvalue weighted by Gasteiger charge is -2.11. The van der Waals surface area contributed by atoms with E-state index in [9.17, 15) is 17.6 Å². The van der Waals surface area contributed by atoms with Gasteiger partial charge in [-0.2, -0.15) is 0 Å². The van der Waals surface area contributed by atoms with Gasteiger partial charge in [0.05, 0.1) is 0 Å². The summed E-state index contributed by atoms with van der Waals surface area (Å²) in [5, 5.41) is 0. The molecule has 0 aliphatic heterocycles. The molecule has 35 heavy (non-hydrogen) atoms. The first-order chi connectivity index (χ1) is 16.0. The van der Waals surface area contributed by atoms with Crippen LogP contribution in [0, 0.1) is 23.3 Å². The number of hydrogen-bond acceptors (Lipinski definition) is 2. The summed E-state index contributed by atoms with van der Waals surface area (Å²) in [7, 11) is 0. The molecule has 0 saturated carbocycles. The molecule has 0 fully saturated rings. The van der Waals surface area contributed by atoms with E-state index in [1.54, 1.807) is 12.1 Å². The zero-order chi connectivity index (χ0) is 23.8. The maximum Gasteiger partial charge on any atom is 0.230 e. The molecule has 0 bridgehead atoms. The number of benzene rings is 4. The Balaban J connectivity index is 0.00000149. The summed E-state index contributed by atoms with van der Waals surface area (Å²) >= 11 is 0. The summed E-state index contributed by atoms with van der Waals surface area (Å²) in [5.41, 5.74) is 1.70. The second-order valence-electron chi connectivity index (χ2n) is 6.70. The maximum atomic E-state index is 14.4. The smallest absolute Gasteiger partial charge is 0.230 e. The normalized spacial score (nSPS) is 9.66. The van der Waals surface area contributed by atoms with Crippen LogP contribution in [0.25, 0.3) is 22.3 Å². The molecule has 0 N–H and O–H groups in total. The van der Waals surface area contributed by atoms with Gasteiger partial charge in [0.25, 0.3) is 0 Å². The van der Waals surface area contributed by atoms with E-state index >= 15 is 0 Å². The number of ether oxygens (including phenoxy) is 2. The van der Waals surface area contributed by atoms with Gasteiger partial charge >= 0.3 is 0 Å². The van der Waals surface area contributed by atoms with Crippen LogP contribution in [0.4, 0.5) is 17.6 Å². The largest absolute Gasteiger partial charge is 0.457 e. The predicted octanol–water partition coefficient (Wildman–Crippen LogP) is 9.29. The van der Waals surface area contributed by atoms with E-state index in [1.165, 1.54) is 72.8 Å². The van der Waals surface area contributed by atoms with E-state index in [-0.39, 0.29) is 33.1 Å². The third kappa shape index (κ3) is 7.60. The molecule has 0 aliphatic rings. The zero-order valence-corrected chi connectivity index (χ0v) is 18.1. The van der Waals surface area contributed by atoms with Crippen LogP contribution in [0.15, 0.2) is 84.9 Å². The van der Waals surface area contributed by atoms with E-state index in [4.69, 9.17) is 9.47 Å². The Morgan fingerprint density at radius 3 is 1.17 bits per heavy atom. The van der Waals surface area contributed by atoms with E-state index in [0.29, 0.717) is 22.3 Å². The van der Waals surface area contributed by atoms with Crippen LogP contribution in [0.3, 0.4) is 0 Å². The highest BCUT2D eigenvalue weighted by Crippen LogP contribution is 2.28. The standard InChI is InChI=1S/C25H16F4O2.C2H6.2CH4/c26-18-5-1-16(2-6-18)22-11-9-20(13-24(22)28)30-15-31-21-10-12-23(25(29)14-21)17-3-7-19(27)8-4-17;1-2;;/h1-14H,15H2;1-2H3;2*1H4. The van der Waals surface area contributed by atoms with Gasteiger partial charge in [0.1, 0.15) is 34.8 Å². The van der Waals surface area contributed by atoms with Gasteiger partial charge < -0.3 is 9.47 Å². The van der Waals surface area contributed by atoms with E-state index in [1.807, 2.05) is 13.8 Å². The first-order valence-electron chi connectivity index (χ1n) is 10.4. The molecule has 0 amide bonds. The van der Waals surface area contributed by atoms with Gasteiger partial charge in [-0.3, -0.25) is 0 Å². The summed E-state index contributed by atoms with van der Waals surface area (Å²) in [5.74, 6) is -1.40. The molecule has 6 heteroatoms. The Morgan fingerprint density at radius 1 is 0.514 bits per heavy atom. The minimum Gasteiger partial charge on any atom is -0.457 e. The van der Waals surface area contributed by atoms with Crippen LogP contribution in [-0.4, -0.2) is 6.79 Å². The summed E-state index contributed by atoms with van der Waals surface area (Å²) in [6.07, 6.45) is 0. The minimum atomic E-state index is -0.529. The predicted molar refractivity (Wildman–Crippen MR) is 135 cm³/mol. The molecule has 0 radical (unpaired) electrons. The molecular weight excluding hydrogens is 456 g/mol. The molecule has 4 rings (SSSR count). The van der Waals surface area contributed by atoms with Gasteiger partial charge in [-0.25, -0.2) is 17.6 Å². The lowest BCUT2D eigenvalue weighted by Crippen LogP contribution is -2.06. The van der Waals surface area contributed by atoms with E-state index < -0.39 is 23.3 Å². The van der Waals surface area contributed by atoms with Crippen molar-refractivity contribution in [3.63, 3.8) is 0 Å². The van der Waals surface area contributed by atoms with Gasteiger partial charge in [0.15, 0.2) is 0 Å². The molecule has 0 heterocycles. The van der Waals surface area contributed by atoms with Crippen molar-refractivity contribution in [2.75, 3.05) is 6.79 Å². The number of halogens is 4. The Morgan fingerprint density at radius 2 is 0.857 bits per heavy atom. The highest BCUT2D eigenvalue weighted by atomic mass is 19.1. The summed E-state index contributed by atoms with van der Waals surface area (Å²) < 4.78 is 65.6. The average molecular weight is 487 g/mol. The lowest BCUT2D eigenvalue weighted by molar-refractivity contribution is 0.119. The highest BCUT2D eigenvalue weighted by molar-refractivity contribution is 5.65. The molecule has 0 aliphatic carbocycles. The maximum absolute atomic E-state index is 14.4. The number of rotatable bonds is 6. The second-order valence-corrected chi connectivity index (χ2v) is 6.70. The molecule has 0 unspecified atom stereocenters. The van der Waals surface area contributed by atoms with Crippen LogP contribution in [0.2, 0.25) is 0 Å². The van der Waals surface area contributed by atoms with Gasteiger partial charge in [0, 0.05) is 23.3 Å². The van der Waals surface area contributed by atoms with Crippen molar-refractivity contribution in [3.05, 3.63) is 108 Å². The van der Waals surface area contributed by atoms with Crippen molar-refractivity contribution in [1.82, 2.24) is 0 Å². The Bertz CT molecular complexity index is 1100. The van der Waals surface area contributed by atoms with Crippen molar-refractivity contribution in [3.8, 4) is 33.8 Å².